The van der Waals surface area contributed by atoms with Crippen molar-refractivity contribution in [1.29, 1.82) is 0 Å². The van der Waals surface area contributed by atoms with Crippen LogP contribution in [0.4, 0.5) is 0 Å². The summed E-state index contributed by atoms with van der Waals surface area (Å²) in [4.78, 5) is 2.27. The van der Waals surface area contributed by atoms with Gasteiger partial charge < -0.3 is 4.90 Å². The van der Waals surface area contributed by atoms with E-state index < -0.39 is 0 Å². The molecule has 1 aliphatic carbocycles. The molecule has 1 heteroatoms. The molecule has 1 aliphatic rings. The number of fused-ring (bicyclic) bond motifs is 1. The molecule has 0 aromatic heterocycles. The summed E-state index contributed by atoms with van der Waals surface area (Å²) in [5, 5.41) is 0. The van der Waals surface area contributed by atoms with Gasteiger partial charge in [-0.2, -0.15) is 0 Å². The summed E-state index contributed by atoms with van der Waals surface area (Å²) in [6.45, 7) is 1.13. The molecular weight excluding hydrogens is 254 g/mol. The summed E-state index contributed by atoms with van der Waals surface area (Å²) in [6, 6.07) is 19.7. The molecule has 0 aliphatic heterocycles. The van der Waals surface area contributed by atoms with E-state index in [1.165, 1.54) is 28.7 Å². The molecule has 0 heterocycles. The van der Waals surface area contributed by atoms with Gasteiger partial charge in [0, 0.05) is 5.92 Å². The predicted molar refractivity (Wildman–Crippen MR) is 90.5 cm³/mol. The number of nitrogens with zero attached hydrogens (tertiary/aromatic N) is 1. The van der Waals surface area contributed by atoms with Crippen molar-refractivity contribution < 1.29 is 0 Å². The van der Waals surface area contributed by atoms with Gasteiger partial charge in [-0.25, -0.2) is 0 Å². The second-order valence-corrected chi connectivity index (χ2v) is 6.14. The molecule has 0 radical (unpaired) electrons. The molecule has 0 amide bonds. The zero-order valence-corrected chi connectivity index (χ0v) is 12.9. The maximum atomic E-state index is 2.49. The van der Waals surface area contributed by atoms with Gasteiger partial charge in [-0.15, -0.1) is 0 Å². The Kier molecular flexibility index (Phi) is 4.21. The summed E-state index contributed by atoms with van der Waals surface area (Å²) < 4.78 is 0. The van der Waals surface area contributed by atoms with Crippen LogP contribution >= 0.6 is 0 Å². The van der Waals surface area contributed by atoms with Crippen LogP contribution in [-0.2, 0) is 6.42 Å². The van der Waals surface area contributed by atoms with E-state index >= 15 is 0 Å². The Morgan fingerprint density at radius 1 is 0.905 bits per heavy atom. The Bertz CT molecular complexity index is 625. The van der Waals surface area contributed by atoms with Gasteiger partial charge in [0.1, 0.15) is 0 Å². The van der Waals surface area contributed by atoms with Gasteiger partial charge in [0.15, 0.2) is 0 Å². The Hall–Kier alpha value is -1.86. The molecule has 0 saturated heterocycles. The number of rotatable bonds is 5. The van der Waals surface area contributed by atoms with E-state index in [0.717, 1.165) is 13.0 Å². The fourth-order valence-electron chi connectivity index (χ4n) is 3.14. The minimum atomic E-state index is 0.572. The molecule has 0 bridgehead atoms. The van der Waals surface area contributed by atoms with Gasteiger partial charge in [-0.3, -0.25) is 0 Å². The highest BCUT2D eigenvalue weighted by atomic mass is 15.0. The van der Waals surface area contributed by atoms with Crippen LogP contribution in [0.2, 0.25) is 0 Å². The predicted octanol–water partition coefficient (Wildman–Crippen LogP) is 4.36. The number of benzene rings is 2. The van der Waals surface area contributed by atoms with Gasteiger partial charge in [-0.05, 0) is 55.7 Å². The molecule has 21 heavy (non-hydrogen) atoms. The zero-order valence-electron chi connectivity index (χ0n) is 12.9. The highest BCUT2D eigenvalue weighted by Gasteiger charge is 2.22. The summed E-state index contributed by atoms with van der Waals surface area (Å²) in [5.74, 6) is 0.572. The van der Waals surface area contributed by atoms with Crippen molar-refractivity contribution in [2.75, 3.05) is 20.6 Å². The van der Waals surface area contributed by atoms with Gasteiger partial charge in [0.2, 0.25) is 0 Å². The first-order valence-electron chi connectivity index (χ1n) is 7.72. The van der Waals surface area contributed by atoms with E-state index in [1.807, 2.05) is 0 Å². The highest BCUT2D eigenvalue weighted by molar-refractivity contribution is 5.76. The number of hydrogen-bond acceptors (Lipinski definition) is 1. The van der Waals surface area contributed by atoms with Gasteiger partial charge in [0.25, 0.3) is 0 Å². The van der Waals surface area contributed by atoms with E-state index in [-0.39, 0.29) is 0 Å². The van der Waals surface area contributed by atoms with Gasteiger partial charge in [-0.1, -0.05) is 60.7 Å². The lowest BCUT2D eigenvalue weighted by Gasteiger charge is -2.14. The van der Waals surface area contributed by atoms with E-state index in [1.54, 1.807) is 0 Å². The lowest BCUT2D eigenvalue weighted by atomic mass is 9.96. The van der Waals surface area contributed by atoms with E-state index in [2.05, 4.69) is 79.7 Å². The Labute approximate surface area is 127 Å². The summed E-state index contributed by atoms with van der Waals surface area (Å²) in [5.41, 5.74) is 5.84. The lowest BCUT2D eigenvalue weighted by Crippen LogP contribution is -2.14. The average Bonchev–Trinajstić information content (AvgIpc) is 2.85. The van der Waals surface area contributed by atoms with Crippen LogP contribution in [-0.4, -0.2) is 25.5 Å². The molecule has 0 saturated carbocycles. The van der Waals surface area contributed by atoms with Crippen molar-refractivity contribution in [2.45, 2.75) is 18.8 Å². The monoisotopic (exact) mass is 277 g/mol. The first kappa shape index (κ1) is 14.1. The zero-order chi connectivity index (χ0) is 14.7. The second kappa shape index (κ2) is 6.28. The van der Waals surface area contributed by atoms with Crippen molar-refractivity contribution in [2.24, 2.45) is 0 Å². The Morgan fingerprint density at radius 3 is 2.38 bits per heavy atom. The largest absolute Gasteiger partial charge is 0.309 e. The third-order valence-corrected chi connectivity index (χ3v) is 4.23. The third kappa shape index (κ3) is 3.25. The number of allylic oxidation sites excluding steroid dienone is 2. The lowest BCUT2D eigenvalue weighted by molar-refractivity contribution is 0.393. The van der Waals surface area contributed by atoms with Crippen LogP contribution in [0.3, 0.4) is 0 Å². The van der Waals surface area contributed by atoms with Crippen LogP contribution in [0.25, 0.3) is 5.57 Å². The molecule has 0 N–H and O–H groups in total. The summed E-state index contributed by atoms with van der Waals surface area (Å²) in [6.07, 6.45) is 4.72. The Balaban J connectivity index is 1.84. The molecule has 108 valence electrons. The van der Waals surface area contributed by atoms with E-state index in [0.29, 0.717) is 5.92 Å². The minimum Gasteiger partial charge on any atom is -0.309 e. The maximum Gasteiger partial charge on any atom is 0.00423 e. The SMILES string of the molecule is CN(C)CCC1C=C(Cc2ccccc2)c2ccccc21. The van der Waals surface area contributed by atoms with E-state index in [9.17, 15) is 0 Å². The smallest absolute Gasteiger partial charge is 0.00423 e. The topological polar surface area (TPSA) is 3.24 Å². The summed E-state index contributed by atoms with van der Waals surface area (Å²) in [7, 11) is 4.30. The Morgan fingerprint density at radius 2 is 1.62 bits per heavy atom. The second-order valence-electron chi connectivity index (χ2n) is 6.14. The highest BCUT2D eigenvalue weighted by Crippen LogP contribution is 2.39. The van der Waals surface area contributed by atoms with Crippen molar-refractivity contribution in [1.82, 2.24) is 4.90 Å². The quantitative estimate of drug-likeness (QED) is 0.785. The fraction of sp³-hybridized carbons (Fsp3) is 0.300. The molecule has 0 spiro atoms. The first-order valence-corrected chi connectivity index (χ1v) is 7.72. The number of hydrogen-bond donors (Lipinski definition) is 0. The molecule has 2 aromatic rings. The van der Waals surface area contributed by atoms with Crippen molar-refractivity contribution in [3.8, 4) is 0 Å². The molecule has 0 fully saturated rings. The first-order chi connectivity index (χ1) is 10.2. The van der Waals surface area contributed by atoms with Crippen LogP contribution in [0.5, 0.6) is 0 Å². The van der Waals surface area contributed by atoms with Gasteiger partial charge >= 0.3 is 0 Å². The summed E-state index contributed by atoms with van der Waals surface area (Å²) >= 11 is 0. The van der Waals surface area contributed by atoms with Crippen molar-refractivity contribution >= 4 is 5.57 Å². The molecular formula is C20H23N. The molecule has 3 rings (SSSR count). The molecule has 1 atom stereocenters. The molecule has 1 unspecified atom stereocenters. The van der Waals surface area contributed by atoms with Crippen molar-refractivity contribution in [3.63, 3.8) is 0 Å². The fourth-order valence-corrected chi connectivity index (χ4v) is 3.14. The van der Waals surface area contributed by atoms with Crippen LogP contribution in [0.1, 0.15) is 29.0 Å². The van der Waals surface area contributed by atoms with E-state index in [4.69, 9.17) is 0 Å². The average molecular weight is 277 g/mol. The maximum absolute atomic E-state index is 2.49. The minimum absolute atomic E-state index is 0.572. The van der Waals surface area contributed by atoms with Crippen LogP contribution < -0.4 is 0 Å². The molecule has 2 aromatic carbocycles. The third-order valence-electron chi connectivity index (χ3n) is 4.23. The van der Waals surface area contributed by atoms with Crippen LogP contribution in [0, 0.1) is 0 Å². The van der Waals surface area contributed by atoms with Crippen LogP contribution in [0.15, 0.2) is 60.7 Å². The standard InChI is InChI=1S/C20H23N/c1-21(2)13-12-17-15-18(14-16-8-4-3-5-9-16)20-11-7-6-10-19(17)20/h3-11,15,17H,12-14H2,1-2H3. The normalized spacial score (nSPS) is 16.9. The van der Waals surface area contributed by atoms with Gasteiger partial charge in [0.05, 0.1) is 0 Å². The van der Waals surface area contributed by atoms with Crippen molar-refractivity contribution in [3.05, 3.63) is 77.4 Å². The molecule has 1 nitrogen and oxygen atoms in total.